The van der Waals surface area contributed by atoms with Crippen LogP contribution in [0.15, 0.2) is 41.8 Å². The van der Waals surface area contributed by atoms with Gasteiger partial charge in [-0.15, -0.1) is 10.2 Å². The lowest BCUT2D eigenvalue weighted by Gasteiger charge is -2.16. The maximum Gasteiger partial charge on any atom is 0.196 e. The monoisotopic (exact) mass is 444 g/mol. The van der Waals surface area contributed by atoms with Crippen LogP contribution in [-0.2, 0) is 9.84 Å². The summed E-state index contributed by atoms with van der Waals surface area (Å²) in [4.78, 5) is 13.0. The summed E-state index contributed by atoms with van der Waals surface area (Å²) >= 11 is 1.35. The van der Waals surface area contributed by atoms with E-state index in [2.05, 4.69) is 10.2 Å². The third-order valence-electron chi connectivity index (χ3n) is 5.58. The van der Waals surface area contributed by atoms with Gasteiger partial charge in [-0.25, -0.2) is 8.42 Å². The van der Waals surface area contributed by atoms with Crippen LogP contribution in [0.3, 0.4) is 0 Å². The number of aryl methyl sites for hydroxylation is 2. The van der Waals surface area contributed by atoms with E-state index in [-0.39, 0.29) is 29.1 Å². The van der Waals surface area contributed by atoms with E-state index >= 15 is 0 Å². The van der Waals surface area contributed by atoms with Crippen LogP contribution in [0, 0.1) is 20.8 Å². The molecule has 30 heavy (non-hydrogen) atoms. The standard InChI is InChI=1S/C21H24N4O3S2/c1-14-6-4-5-7-19(14)24-13-22-23-21(24)29-11-20(26)18-10-15(2)25(16(18)3)17-8-9-30(27,28)12-17/h4-7,10,13,17H,8-9,11-12H2,1-3H3/t17-/m0/s1. The zero-order valence-electron chi connectivity index (χ0n) is 17.2. The lowest BCUT2D eigenvalue weighted by atomic mass is 10.2. The smallest absolute Gasteiger partial charge is 0.196 e. The third kappa shape index (κ3) is 3.96. The number of hydrogen-bond acceptors (Lipinski definition) is 6. The van der Waals surface area contributed by atoms with E-state index in [9.17, 15) is 13.2 Å². The summed E-state index contributed by atoms with van der Waals surface area (Å²) < 4.78 is 27.7. The quantitative estimate of drug-likeness (QED) is 0.428. The minimum absolute atomic E-state index is 0.000428. The van der Waals surface area contributed by atoms with Crippen LogP contribution in [-0.4, -0.2) is 50.8 Å². The van der Waals surface area contributed by atoms with Crippen LogP contribution >= 0.6 is 11.8 Å². The molecule has 1 aromatic carbocycles. The molecule has 0 unspecified atom stereocenters. The van der Waals surface area contributed by atoms with E-state index < -0.39 is 9.84 Å². The molecule has 0 spiro atoms. The average molecular weight is 445 g/mol. The molecule has 0 N–H and O–H groups in total. The van der Waals surface area contributed by atoms with Gasteiger partial charge in [-0.3, -0.25) is 9.36 Å². The number of nitrogens with zero attached hydrogens (tertiary/aromatic N) is 4. The minimum Gasteiger partial charge on any atom is -0.344 e. The predicted molar refractivity (Wildman–Crippen MR) is 117 cm³/mol. The van der Waals surface area contributed by atoms with Gasteiger partial charge in [0.1, 0.15) is 6.33 Å². The maximum atomic E-state index is 13.0. The normalized spacial score (nSPS) is 18.0. The first kappa shape index (κ1) is 20.9. The summed E-state index contributed by atoms with van der Waals surface area (Å²) in [5.74, 6) is 0.588. The number of hydrogen-bond donors (Lipinski definition) is 0. The number of ketones is 1. The molecule has 1 aliphatic heterocycles. The summed E-state index contributed by atoms with van der Waals surface area (Å²) in [5, 5.41) is 8.85. The summed E-state index contributed by atoms with van der Waals surface area (Å²) in [6, 6.07) is 9.73. The first-order valence-electron chi connectivity index (χ1n) is 9.77. The van der Waals surface area contributed by atoms with E-state index in [1.807, 2.05) is 60.2 Å². The maximum absolute atomic E-state index is 13.0. The molecule has 7 nitrogen and oxygen atoms in total. The predicted octanol–water partition coefficient (Wildman–Crippen LogP) is 3.33. The number of para-hydroxylation sites is 1. The van der Waals surface area contributed by atoms with Crippen molar-refractivity contribution in [1.82, 2.24) is 19.3 Å². The van der Waals surface area contributed by atoms with Gasteiger partial charge in [-0.1, -0.05) is 30.0 Å². The van der Waals surface area contributed by atoms with E-state index in [0.717, 1.165) is 22.6 Å². The zero-order chi connectivity index (χ0) is 21.5. The van der Waals surface area contributed by atoms with Crippen molar-refractivity contribution in [2.24, 2.45) is 0 Å². The number of aromatic nitrogens is 4. The Hall–Kier alpha value is -2.39. The van der Waals surface area contributed by atoms with Gasteiger partial charge in [0.25, 0.3) is 0 Å². The van der Waals surface area contributed by atoms with Crippen molar-refractivity contribution in [3.63, 3.8) is 0 Å². The van der Waals surface area contributed by atoms with Crippen LogP contribution in [0.1, 0.15) is 39.8 Å². The molecule has 158 valence electrons. The third-order valence-corrected chi connectivity index (χ3v) is 8.28. The highest BCUT2D eigenvalue weighted by molar-refractivity contribution is 7.99. The molecule has 2 aromatic heterocycles. The zero-order valence-corrected chi connectivity index (χ0v) is 18.8. The van der Waals surface area contributed by atoms with Crippen molar-refractivity contribution in [3.8, 4) is 5.69 Å². The molecule has 0 radical (unpaired) electrons. The summed E-state index contributed by atoms with van der Waals surface area (Å²) in [7, 11) is -2.99. The number of carbonyl (C=O) groups is 1. The van der Waals surface area contributed by atoms with Gasteiger partial charge >= 0.3 is 0 Å². The molecule has 4 rings (SSSR count). The molecule has 0 amide bonds. The van der Waals surface area contributed by atoms with Gasteiger partial charge in [0, 0.05) is 23.0 Å². The van der Waals surface area contributed by atoms with Gasteiger partial charge in [-0.05, 0) is 44.9 Å². The van der Waals surface area contributed by atoms with E-state index in [1.54, 1.807) is 6.33 Å². The van der Waals surface area contributed by atoms with Crippen LogP contribution < -0.4 is 0 Å². The fourth-order valence-electron chi connectivity index (χ4n) is 4.13. The SMILES string of the molecule is Cc1ccccc1-n1cnnc1SCC(=O)c1cc(C)n([C@H]2CCS(=O)(=O)C2)c1C. The molecule has 0 aliphatic carbocycles. The summed E-state index contributed by atoms with van der Waals surface area (Å²) in [6.45, 7) is 5.84. The Morgan fingerprint density at radius 1 is 1.23 bits per heavy atom. The van der Waals surface area contributed by atoms with Crippen LogP contribution in [0.2, 0.25) is 0 Å². The van der Waals surface area contributed by atoms with Gasteiger partial charge in [0.15, 0.2) is 20.8 Å². The van der Waals surface area contributed by atoms with Crippen LogP contribution in [0.5, 0.6) is 0 Å². The van der Waals surface area contributed by atoms with Crippen molar-refractivity contribution in [1.29, 1.82) is 0 Å². The molecule has 3 aromatic rings. The van der Waals surface area contributed by atoms with Crippen molar-refractivity contribution < 1.29 is 13.2 Å². The average Bonchev–Trinajstić information content (AvgIpc) is 3.37. The second-order valence-corrected chi connectivity index (χ2v) is 10.9. The molecule has 0 saturated carbocycles. The Bertz CT molecular complexity index is 1210. The molecule has 1 atom stereocenters. The van der Waals surface area contributed by atoms with Crippen LogP contribution in [0.4, 0.5) is 0 Å². The van der Waals surface area contributed by atoms with Gasteiger partial charge in [0.2, 0.25) is 0 Å². The van der Waals surface area contributed by atoms with Crippen molar-refractivity contribution in [3.05, 3.63) is 59.2 Å². The lowest BCUT2D eigenvalue weighted by molar-refractivity contribution is 0.102. The largest absolute Gasteiger partial charge is 0.344 e. The second kappa shape index (κ2) is 8.03. The summed E-state index contributed by atoms with van der Waals surface area (Å²) in [6.07, 6.45) is 2.25. The first-order valence-corrected chi connectivity index (χ1v) is 12.6. The molecule has 0 bridgehead atoms. The molecule has 3 heterocycles. The molecule has 1 saturated heterocycles. The molecule has 1 aliphatic rings. The van der Waals surface area contributed by atoms with E-state index in [1.165, 1.54) is 11.8 Å². The Kier molecular flexibility index (Phi) is 5.59. The Labute approximate surface area is 180 Å². The van der Waals surface area contributed by atoms with Gasteiger partial charge < -0.3 is 4.57 Å². The Morgan fingerprint density at radius 2 is 2.00 bits per heavy atom. The number of Topliss-reactive ketones (excluding diaryl/α,β-unsaturated/α-hetero) is 1. The number of rotatable bonds is 6. The number of carbonyl (C=O) groups excluding carboxylic acids is 1. The highest BCUT2D eigenvalue weighted by atomic mass is 32.2. The number of sulfone groups is 1. The lowest BCUT2D eigenvalue weighted by Crippen LogP contribution is -2.14. The fraction of sp³-hybridized carbons (Fsp3) is 0.381. The molecular weight excluding hydrogens is 420 g/mol. The van der Waals surface area contributed by atoms with Crippen LogP contribution in [0.25, 0.3) is 5.69 Å². The number of benzene rings is 1. The Balaban J connectivity index is 1.52. The highest BCUT2D eigenvalue weighted by Gasteiger charge is 2.31. The highest BCUT2D eigenvalue weighted by Crippen LogP contribution is 2.30. The van der Waals surface area contributed by atoms with Crippen molar-refractivity contribution in [2.75, 3.05) is 17.3 Å². The second-order valence-electron chi connectivity index (χ2n) is 7.69. The molecule has 1 fully saturated rings. The van der Waals surface area contributed by atoms with Crippen molar-refractivity contribution in [2.45, 2.75) is 38.4 Å². The molecule has 9 heteroatoms. The Morgan fingerprint density at radius 3 is 2.70 bits per heavy atom. The van der Waals surface area contributed by atoms with Gasteiger partial charge in [-0.2, -0.15) is 0 Å². The fourth-order valence-corrected chi connectivity index (χ4v) is 6.63. The first-order chi connectivity index (χ1) is 14.3. The van der Waals surface area contributed by atoms with E-state index in [4.69, 9.17) is 0 Å². The summed E-state index contributed by atoms with van der Waals surface area (Å²) in [5.41, 5.74) is 4.48. The van der Waals surface area contributed by atoms with E-state index in [0.29, 0.717) is 17.1 Å². The molecular formula is C21H24N4O3S2. The van der Waals surface area contributed by atoms with Gasteiger partial charge in [0.05, 0.1) is 22.9 Å². The minimum atomic E-state index is -2.99. The van der Waals surface area contributed by atoms with Crippen molar-refractivity contribution >= 4 is 27.4 Å². The number of thioether (sulfide) groups is 1. The topological polar surface area (TPSA) is 86.8 Å².